The van der Waals surface area contributed by atoms with Crippen LogP contribution in [-0.2, 0) is 4.74 Å². The van der Waals surface area contributed by atoms with Crippen LogP contribution in [0.4, 0.5) is 11.5 Å². The van der Waals surface area contributed by atoms with Gasteiger partial charge in [-0.3, -0.25) is 0 Å². The molecule has 1 aromatic rings. The average Bonchev–Trinajstić information content (AvgIpc) is 2.44. The van der Waals surface area contributed by atoms with E-state index in [0.717, 1.165) is 37.8 Å². The number of aryl methyl sites for hydroxylation is 1. The van der Waals surface area contributed by atoms with Crippen molar-refractivity contribution >= 4 is 11.5 Å². The van der Waals surface area contributed by atoms with Crippen LogP contribution in [0.1, 0.15) is 38.7 Å². The van der Waals surface area contributed by atoms with Gasteiger partial charge < -0.3 is 15.0 Å². The number of pyridine rings is 1. The fourth-order valence-electron chi connectivity index (χ4n) is 3.25. The van der Waals surface area contributed by atoms with Gasteiger partial charge in [0.15, 0.2) is 0 Å². The van der Waals surface area contributed by atoms with E-state index in [9.17, 15) is 0 Å². The number of nitrogens with zero attached hydrogens (tertiary/aromatic N) is 2. The highest BCUT2D eigenvalue weighted by atomic mass is 16.5. The van der Waals surface area contributed by atoms with Crippen molar-refractivity contribution in [3.05, 3.63) is 17.8 Å². The lowest BCUT2D eigenvalue weighted by molar-refractivity contribution is -0.0924. The van der Waals surface area contributed by atoms with Crippen molar-refractivity contribution in [2.75, 3.05) is 36.5 Å². The van der Waals surface area contributed by atoms with Gasteiger partial charge in [-0.05, 0) is 44.7 Å². The standard InChI is InChI=1S/C17H27N3O/c1-13-8-15(19-10-17(3)11-21-12-17)9-18-16(13)20-7-5-4-6-14(20)2/h8-9,14,19H,4-7,10-12H2,1-3H3. The maximum Gasteiger partial charge on any atom is 0.131 e. The summed E-state index contributed by atoms with van der Waals surface area (Å²) in [5.41, 5.74) is 2.67. The average molecular weight is 289 g/mol. The van der Waals surface area contributed by atoms with E-state index in [1.807, 2.05) is 6.20 Å². The molecule has 21 heavy (non-hydrogen) atoms. The van der Waals surface area contributed by atoms with Crippen molar-refractivity contribution in [1.29, 1.82) is 0 Å². The Kier molecular flexibility index (Phi) is 4.07. The van der Waals surface area contributed by atoms with Crippen LogP contribution in [0.25, 0.3) is 0 Å². The van der Waals surface area contributed by atoms with Crippen LogP contribution in [-0.4, -0.2) is 37.3 Å². The van der Waals surface area contributed by atoms with Crippen molar-refractivity contribution < 1.29 is 4.74 Å². The molecule has 0 bridgehead atoms. The first-order chi connectivity index (χ1) is 10.1. The topological polar surface area (TPSA) is 37.4 Å². The fourth-order valence-corrected chi connectivity index (χ4v) is 3.25. The second kappa shape index (κ2) is 5.84. The van der Waals surface area contributed by atoms with Crippen LogP contribution in [0.15, 0.2) is 12.3 Å². The molecular formula is C17H27N3O. The van der Waals surface area contributed by atoms with Gasteiger partial charge in [0.1, 0.15) is 5.82 Å². The summed E-state index contributed by atoms with van der Waals surface area (Å²) < 4.78 is 5.30. The van der Waals surface area contributed by atoms with Crippen molar-refractivity contribution in [3.8, 4) is 0 Å². The van der Waals surface area contributed by atoms with Crippen LogP contribution in [0.3, 0.4) is 0 Å². The van der Waals surface area contributed by atoms with Crippen LogP contribution >= 0.6 is 0 Å². The van der Waals surface area contributed by atoms with E-state index >= 15 is 0 Å². The largest absolute Gasteiger partial charge is 0.383 e. The molecule has 2 aliphatic rings. The number of ether oxygens (including phenoxy) is 1. The zero-order chi connectivity index (χ0) is 14.9. The number of anilines is 2. The minimum Gasteiger partial charge on any atom is -0.383 e. The van der Waals surface area contributed by atoms with Crippen LogP contribution < -0.4 is 10.2 Å². The summed E-state index contributed by atoms with van der Waals surface area (Å²) in [6.45, 7) is 10.5. The molecule has 4 nitrogen and oxygen atoms in total. The first-order valence-electron chi connectivity index (χ1n) is 8.12. The van der Waals surface area contributed by atoms with E-state index in [1.54, 1.807) is 0 Å². The molecule has 116 valence electrons. The normalized spacial score (nSPS) is 24.5. The molecule has 4 heteroatoms. The first-order valence-corrected chi connectivity index (χ1v) is 8.12. The molecule has 0 amide bonds. The Hall–Kier alpha value is -1.29. The summed E-state index contributed by atoms with van der Waals surface area (Å²) in [6.07, 6.45) is 5.88. The van der Waals surface area contributed by atoms with E-state index in [-0.39, 0.29) is 5.41 Å². The molecule has 0 radical (unpaired) electrons. The Balaban J connectivity index is 1.67. The summed E-state index contributed by atoms with van der Waals surface area (Å²) in [4.78, 5) is 7.19. The van der Waals surface area contributed by atoms with Gasteiger partial charge in [-0.15, -0.1) is 0 Å². The second-order valence-electron chi connectivity index (χ2n) is 7.06. The molecule has 3 heterocycles. The molecule has 1 atom stereocenters. The minimum atomic E-state index is 0.286. The first kappa shape index (κ1) is 14.6. The molecule has 0 aromatic carbocycles. The number of hydrogen-bond donors (Lipinski definition) is 1. The van der Waals surface area contributed by atoms with Crippen molar-refractivity contribution in [2.45, 2.75) is 46.1 Å². The molecular weight excluding hydrogens is 262 g/mol. The highest BCUT2D eigenvalue weighted by Gasteiger charge is 2.33. The number of piperidine rings is 1. The summed E-state index contributed by atoms with van der Waals surface area (Å²) in [6, 6.07) is 2.84. The number of rotatable bonds is 4. The van der Waals surface area contributed by atoms with Crippen LogP contribution in [0, 0.1) is 12.3 Å². The van der Waals surface area contributed by atoms with Crippen molar-refractivity contribution in [2.24, 2.45) is 5.41 Å². The Morgan fingerprint density at radius 1 is 1.43 bits per heavy atom. The zero-order valence-electron chi connectivity index (χ0n) is 13.5. The Labute approximate surface area is 127 Å². The van der Waals surface area contributed by atoms with E-state index in [1.165, 1.54) is 24.8 Å². The molecule has 1 unspecified atom stereocenters. The zero-order valence-corrected chi connectivity index (χ0v) is 13.5. The lowest BCUT2D eigenvalue weighted by Crippen LogP contribution is -2.45. The molecule has 1 aromatic heterocycles. The number of aromatic nitrogens is 1. The number of nitrogens with one attached hydrogen (secondary N) is 1. The van der Waals surface area contributed by atoms with Gasteiger partial charge in [0, 0.05) is 24.5 Å². The monoisotopic (exact) mass is 289 g/mol. The van der Waals surface area contributed by atoms with Crippen LogP contribution in [0.2, 0.25) is 0 Å². The Bertz CT molecular complexity index is 499. The lowest BCUT2D eigenvalue weighted by Gasteiger charge is -2.38. The van der Waals surface area contributed by atoms with E-state index in [0.29, 0.717) is 6.04 Å². The highest BCUT2D eigenvalue weighted by molar-refractivity contribution is 5.55. The predicted octanol–water partition coefficient (Wildman–Crippen LogP) is 3.22. The molecule has 0 saturated carbocycles. The molecule has 0 spiro atoms. The maximum absolute atomic E-state index is 5.30. The summed E-state index contributed by atoms with van der Waals surface area (Å²) in [5, 5.41) is 3.51. The molecule has 2 saturated heterocycles. The highest BCUT2D eigenvalue weighted by Crippen LogP contribution is 2.29. The third kappa shape index (κ3) is 3.15. The third-order valence-corrected chi connectivity index (χ3v) is 4.75. The Morgan fingerprint density at radius 2 is 2.24 bits per heavy atom. The van der Waals surface area contributed by atoms with Gasteiger partial charge in [0.25, 0.3) is 0 Å². The van der Waals surface area contributed by atoms with Crippen LogP contribution in [0.5, 0.6) is 0 Å². The van der Waals surface area contributed by atoms with Gasteiger partial charge in [-0.2, -0.15) is 0 Å². The SMILES string of the molecule is Cc1cc(NCC2(C)COC2)cnc1N1CCCCC1C. The smallest absolute Gasteiger partial charge is 0.131 e. The fraction of sp³-hybridized carbons (Fsp3) is 0.706. The maximum atomic E-state index is 5.30. The third-order valence-electron chi connectivity index (χ3n) is 4.75. The second-order valence-corrected chi connectivity index (χ2v) is 7.06. The summed E-state index contributed by atoms with van der Waals surface area (Å²) in [7, 11) is 0. The van der Waals surface area contributed by atoms with E-state index in [4.69, 9.17) is 9.72 Å². The van der Waals surface area contributed by atoms with Gasteiger partial charge >= 0.3 is 0 Å². The minimum absolute atomic E-state index is 0.286. The lowest BCUT2D eigenvalue weighted by atomic mass is 9.89. The number of hydrogen-bond acceptors (Lipinski definition) is 4. The molecule has 2 fully saturated rings. The van der Waals surface area contributed by atoms with Crippen molar-refractivity contribution in [1.82, 2.24) is 4.98 Å². The van der Waals surface area contributed by atoms with Gasteiger partial charge in [0.05, 0.1) is 25.1 Å². The van der Waals surface area contributed by atoms with Gasteiger partial charge in [-0.25, -0.2) is 4.98 Å². The Morgan fingerprint density at radius 3 is 2.86 bits per heavy atom. The summed E-state index contributed by atoms with van der Waals surface area (Å²) in [5.74, 6) is 1.16. The predicted molar refractivity (Wildman–Crippen MR) is 87.0 cm³/mol. The molecule has 1 N–H and O–H groups in total. The van der Waals surface area contributed by atoms with E-state index < -0.39 is 0 Å². The van der Waals surface area contributed by atoms with Gasteiger partial charge in [-0.1, -0.05) is 6.92 Å². The summed E-state index contributed by atoms with van der Waals surface area (Å²) >= 11 is 0. The molecule has 0 aliphatic carbocycles. The van der Waals surface area contributed by atoms with E-state index in [2.05, 4.69) is 37.1 Å². The van der Waals surface area contributed by atoms with Gasteiger partial charge in [0.2, 0.25) is 0 Å². The molecule has 2 aliphatic heterocycles. The molecule has 3 rings (SSSR count). The van der Waals surface area contributed by atoms with Crippen molar-refractivity contribution in [3.63, 3.8) is 0 Å². The quantitative estimate of drug-likeness (QED) is 0.923.